The van der Waals surface area contributed by atoms with Gasteiger partial charge in [0.05, 0.1) is 43.0 Å². The third-order valence-corrected chi connectivity index (χ3v) is 5.42. The number of quaternary nitrogens is 1. The first-order valence-electron chi connectivity index (χ1n) is 9.04. The van der Waals surface area contributed by atoms with Crippen LogP contribution in [0.2, 0.25) is 5.02 Å². The lowest BCUT2D eigenvalue weighted by molar-refractivity contribution is -0.906. The number of benzene rings is 1. The number of rotatable bonds is 8. The van der Waals surface area contributed by atoms with Crippen molar-refractivity contribution >= 4 is 23.1 Å². The minimum Gasteiger partial charge on any atom is -0.496 e. The first-order valence-corrected chi connectivity index (χ1v) is 9.42. The van der Waals surface area contributed by atoms with E-state index in [0.717, 1.165) is 6.42 Å². The summed E-state index contributed by atoms with van der Waals surface area (Å²) in [5.41, 5.74) is 6.76. The maximum absolute atomic E-state index is 12.6. The quantitative estimate of drug-likeness (QED) is 0.558. The molecular formula is C19H30ClN2O2+. The second-order valence-corrected chi connectivity index (χ2v) is 7.24. The Bertz CT molecular complexity index is 555. The van der Waals surface area contributed by atoms with E-state index in [-0.39, 0.29) is 5.78 Å². The molecule has 1 aromatic rings. The van der Waals surface area contributed by atoms with E-state index in [1.54, 1.807) is 24.1 Å². The second kappa shape index (κ2) is 9.28. The van der Waals surface area contributed by atoms with E-state index in [2.05, 4.69) is 6.92 Å². The van der Waals surface area contributed by atoms with E-state index in [0.29, 0.717) is 34.4 Å². The molecule has 134 valence electrons. The average molecular weight is 354 g/mol. The van der Waals surface area contributed by atoms with Crippen LogP contribution in [0.3, 0.4) is 0 Å². The number of likely N-dealkylation sites (tertiary alicyclic amines) is 1. The lowest BCUT2D eigenvalue weighted by atomic mass is 9.90. The molecule has 0 saturated carbocycles. The molecule has 1 heterocycles. The van der Waals surface area contributed by atoms with Gasteiger partial charge in [0.25, 0.3) is 0 Å². The zero-order chi connectivity index (χ0) is 17.5. The predicted octanol–water partition coefficient (Wildman–Crippen LogP) is 2.99. The number of nitrogen functional groups attached to an aromatic ring is 1. The Morgan fingerprint density at radius 2 is 2.08 bits per heavy atom. The van der Waals surface area contributed by atoms with Crippen LogP contribution < -0.4 is 15.4 Å². The molecule has 24 heavy (non-hydrogen) atoms. The van der Waals surface area contributed by atoms with Crippen LogP contribution in [0.5, 0.6) is 5.75 Å². The number of hydrogen-bond acceptors (Lipinski definition) is 3. The van der Waals surface area contributed by atoms with Crippen molar-refractivity contribution in [1.82, 2.24) is 0 Å². The molecule has 1 aliphatic rings. The molecule has 4 nitrogen and oxygen atoms in total. The highest BCUT2D eigenvalue weighted by Crippen LogP contribution is 2.30. The van der Waals surface area contributed by atoms with Crippen molar-refractivity contribution in [2.45, 2.75) is 45.4 Å². The highest BCUT2D eigenvalue weighted by molar-refractivity contribution is 6.33. The summed E-state index contributed by atoms with van der Waals surface area (Å²) in [5, 5.41) is 0.409. The topological polar surface area (TPSA) is 56.8 Å². The first kappa shape index (κ1) is 19.1. The molecule has 2 rings (SSSR count). The van der Waals surface area contributed by atoms with Crippen LogP contribution in [0, 0.1) is 5.92 Å². The number of hydrogen-bond donors (Lipinski definition) is 2. The number of unbranched alkanes of at least 4 members (excludes halogenated alkanes) is 1. The highest BCUT2D eigenvalue weighted by Gasteiger charge is 2.23. The van der Waals surface area contributed by atoms with Gasteiger partial charge in [-0.15, -0.1) is 0 Å². The van der Waals surface area contributed by atoms with Crippen molar-refractivity contribution in [2.75, 3.05) is 32.5 Å². The summed E-state index contributed by atoms with van der Waals surface area (Å²) < 4.78 is 5.28. The lowest BCUT2D eigenvalue weighted by Crippen LogP contribution is -3.13. The number of piperidine rings is 1. The summed E-state index contributed by atoms with van der Waals surface area (Å²) in [6.45, 7) is 6.03. The molecule has 5 heteroatoms. The van der Waals surface area contributed by atoms with E-state index >= 15 is 0 Å². The Morgan fingerprint density at radius 3 is 2.71 bits per heavy atom. The number of anilines is 1. The van der Waals surface area contributed by atoms with E-state index in [9.17, 15) is 4.79 Å². The molecule has 0 amide bonds. The molecule has 0 aliphatic carbocycles. The fraction of sp³-hybridized carbons (Fsp3) is 0.632. The molecule has 0 radical (unpaired) electrons. The molecule has 1 aromatic carbocycles. The van der Waals surface area contributed by atoms with Gasteiger partial charge in [-0.05, 0) is 37.7 Å². The summed E-state index contributed by atoms with van der Waals surface area (Å²) >= 11 is 6.06. The van der Waals surface area contributed by atoms with Gasteiger partial charge >= 0.3 is 0 Å². The van der Waals surface area contributed by atoms with Crippen LogP contribution in [0.4, 0.5) is 5.69 Å². The number of ketones is 1. The Kier molecular flexibility index (Phi) is 7.38. The van der Waals surface area contributed by atoms with Gasteiger partial charge in [0.2, 0.25) is 0 Å². The van der Waals surface area contributed by atoms with Gasteiger partial charge in [-0.1, -0.05) is 24.9 Å². The summed E-state index contributed by atoms with van der Waals surface area (Å²) in [6.07, 6.45) is 6.54. The van der Waals surface area contributed by atoms with Gasteiger partial charge in [-0.2, -0.15) is 0 Å². The monoisotopic (exact) mass is 353 g/mol. The van der Waals surface area contributed by atoms with Gasteiger partial charge in [-0.3, -0.25) is 4.79 Å². The number of ether oxygens (including phenoxy) is 1. The molecular weight excluding hydrogens is 324 g/mol. The summed E-state index contributed by atoms with van der Waals surface area (Å²) in [7, 11) is 1.55. The first-order chi connectivity index (χ1) is 11.5. The van der Waals surface area contributed by atoms with E-state index in [1.807, 2.05) is 0 Å². The van der Waals surface area contributed by atoms with Crippen LogP contribution in [-0.2, 0) is 0 Å². The van der Waals surface area contributed by atoms with E-state index in [1.165, 1.54) is 45.3 Å². The van der Waals surface area contributed by atoms with E-state index in [4.69, 9.17) is 22.1 Å². The number of carbonyl (C=O) groups is 1. The van der Waals surface area contributed by atoms with Gasteiger partial charge < -0.3 is 15.4 Å². The smallest absolute Gasteiger partial charge is 0.166 e. The van der Waals surface area contributed by atoms with E-state index < -0.39 is 0 Å². The summed E-state index contributed by atoms with van der Waals surface area (Å²) in [5.74, 6) is 1.27. The maximum Gasteiger partial charge on any atom is 0.166 e. The molecule has 0 spiro atoms. The van der Waals surface area contributed by atoms with Gasteiger partial charge in [0.1, 0.15) is 5.75 Å². The van der Waals surface area contributed by atoms with Crippen molar-refractivity contribution in [3.05, 3.63) is 22.7 Å². The molecule has 1 fully saturated rings. The normalized spacial score (nSPS) is 20.8. The number of carbonyl (C=O) groups excluding carboxylic acids is 1. The number of Topliss-reactive ketones (excluding diaryl/α,β-unsaturated/α-hetero) is 1. The standard InChI is InChI=1S/C19H29ClN2O2/c1-3-4-9-22-10-7-14(8-11-22)5-6-18(23)15-12-16(20)17(21)13-19(15)24-2/h12-14H,3-11,21H2,1-2H3/p+1. The Balaban J connectivity index is 1.85. The van der Waals surface area contributed by atoms with Crippen molar-refractivity contribution in [3.8, 4) is 5.75 Å². The Labute approximate surface area is 150 Å². The largest absolute Gasteiger partial charge is 0.496 e. The Hall–Kier alpha value is -1.26. The van der Waals surface area contributed by atoms with Crippen molar-refractivity contribution in [1.29, 1.82) is 0 Å². The number of halogens is 1. The average Bonchev–Trinajstić information content (AvgIpc) is 2.60. The molecule has 1 saturated heterocycles. The SMILES string of the molecule is CCCC[NH+]1CCC(CCC(=O)c2cc(Cl)c(N)cc2OC)CC1. The molecule has 0 unspecified atom stereocenters. The molecule has 0 bridgehead atoms. The lowest BCUT2D eigenvalue weighted by Gasteiger charge is -2.29. The van der Waals surface area contributed by atoms with Gasteiger partial charge in [0, 0.05) is 12.5 Å². The second-order valence-electron chi connectivity index (χ2n) is 6.83. The van der Waals surface area contributed by atoms with Crippen LogP contribution in [-0.4, -0.2) is 32.5 Å². The minimum absolute atomic E-state index is 0.0921. The molecule has 0 atom stereocenters. The fourth-order valence-corrected chi connectivity index (χ4v) is 3.64. The third-order valence-electron chi connectivity index (χ3n) is 5.10. The third kappa shape index (κ3) is 5.12. The van der Waals surface area contributed by atoms with Crippen molar-refractivity contribution < 1.29 is 14.4 Å². The molecule has 0 aromatic heterocycles. The van der Waals surface area contributed by atoms with Crippen LogP contribution >= 0.6 is 11.6 Å². The highest BCUT2D eigenvalue weighted by atomic mass is 35.5. The van der Waals surface area contributed by atoms with Crippen molar-refractivity contribution in [2.24, 2.45) is 5.92 Å². The van der Waals surface area contributed by atoms with Crippen LogP contribution in [0.25, 0.3) is 0 Å². The maximum atomic E-state index is 12.6. The number of nitrogens with two attached hydrogens (primary N) is 1. The molecule has 1 aliphatic heterocycles. The molecule has 3 N–H and O–H groups in total. The number of methoxy groups -OCH3 is 1. The van der Waals surface area contributed by atoms with Gasteiger partial charge in [-0.25, -0.2) is 0 Å². The Morgan fingerprint density at radius 1 is 1.38 bits per heavy atom. The van der Waals surface area contributed by atoms with Crippen LogP contribution in [0.1, 0.15) is 55.8 Å². The zero-order valence-corrected chi connectivity index (χ0v) is 15.6. The van der Waals surface area contributed by atoms with Gasteiger partial charge in [0.15, 0.2) is 5.78 Å². The summed E-state index contributed by atoms with van der Waals surface area (Å²) in [6, 6.07) is 3.26. The van der Waals surface area contributed by atoms with Crippen LogP contribution in [0.15, 0.2) is 12.1 Å². The zero-order valence-electron chi connectivity index (χ0n) is 14.9. The fourth-order valence-electron chi connectivity index (χ4n) is 3.48. The minimum atomic E-state index is 0.0921. The predicted molar refractivity (Wildman–Crippen MR) is 99.2 cm³/mol. The van der Waals surface area contributed by atoms with Crippen molar-refractivity contribution in [3.63, 3.8) is 0 Å². The summed E-state index contributed by atoms with van der Waals surface area (Å²) in [4.78, 5) is 14.3. The number of nitrogens with one attached hydrogen (secondary N) is 1.